The summed E-state index contributed by atoms with van der Waals surface area (Å²) in [5.74, 6) is -0.277. The van der Waals surface area contributed by atoms with E-state index in [2.05, 4.69) is 17.4 Å². The van der Waals surface area contributed by atoms with Gasteiger partial charge in [0.2, 0.25) is 0 Å². The number of rotatable bonds is 6. The zero-order chi connectivity index (χ0) is 18.7. The van der Waals surface area contributed by atoms with Crippen LogP contribution >= 0.6 is 0 Å². The molecule has 0 radical (unpaired) electrons. The molecule has 0 saturated heterocycles. The molecule has 0 unspecified atom stereocenters. The summed E-state index contributed by atoms with van der Waals surface area (Å²) in [4.78, 5) is 25.1. The van der Waals surface area contributed by atoms with Crippen LogP contribution in [-0.2, 0) is 5.41 Å². The molecule has 2 aromatic rings. The molecule has 0 aliphatic heterocycles. The van der Waals surface area contributed by atoms with E-state index >= 15 is 0 Å². The highest BCUT2D eigenvalue weighted by molar-refractivity contribution is 5.95. The van der Waals surface area contributed by atoms with Crippen LogP contribution in [0.3, 0.4) is 0 Å². The second kappa shape index (κ2) is 7.15. The Morgan fingerprint density at radius 3 is 2.42 bits per heavy atom. The van der Waals surface area contributed by atoms with Crippen LogP contribution in [0.25, 0.3) is 0 Å². The van der Waals surface area contributed by atoms with Crippen LogP contribution in [0, 0.1) is 10.1 Å². The van der Waals surface area contributed by atoms with Crippen LogP contribution < -0.4 is 10.2 Å². The zero-order valence-electron chi connectivity index (χ0n) is 15.1. The predicted molar refractivity (Wildman–Crippen MR) is 102 cm³/mol. The molecule has 0 bridgehead atoms. The third kappa shape index (κ3) is 3.40. The molecule has 26 heavy (non-hydrogen) atoms. The number of amides is 1. The van der Waals surface area contributed by atoms with E-state index in [1.165, 1.54) is 11.6 Å². The number of carbonyl (C=O) groups is 1. The van der Waals surface area contributed by atoms with Gasteiger partial charge >= 0.3 is 0 Å². The van der Waals surface area contributed by atoms with E-state index in [-0.39, 0.29) is 17.0 Å². The molecule has 1 aliphatic rings. The molecular formula is C20H23N3O3. The van der Waals surface area contributed by atoms with Crippen molar-refractivity contribution >= 4 is 17.3 Å². The Balaban J connectivity index is 1.76. The minimum absolute atomic E-state index is 0.0214. The second-order valence-corrected chi connectivity index (χ2v) is 7.04. The maximum Gasteiger partial charge on any atom is 0.293 e. The van der Waals surface area contributed by atoms with Gasteiger partial charge in [-0.2, -0.15) is 0 Å². The summed E-state index contributed by atoms with van der Waals surface area (Å²) in [5, 5.41) is 14.3. The number of hydrogen-bond acceptors (Lipinski definition) is 4. The monoisotopic (exact) mass is 353 g/mol. The smallest absolute Gasteiger partial charge is 0.293 e. The van der Waals surface area contributed by atoms with Crippen molar-refractivity contribution in [1.82, 2.24) is 5.32 Å². The van der Waals surface area contributed by atoms with Gasteiger partial charge in [-0.05, 0) is 30.5 Å². The Kier molecular flexibility index (Phi) is 4.93. The molecule has 1 saturated carbocycles. The molecule has 0 heterocycles. The Morgan fingerprint density at radius 2 is 1.88 bits per heavy atom. The van der Waals surface area contributed by atoms with E-state index in [0.717, 1.165) is 19.3 Å². The number of hydrogen-bond donors (Lipinski definition) is 1. The van der Waals surface area contributed by atoms with Crippen LogP contribution in [0.4, 0.5) is 11.4 Å². The summed E-state index contributed by atoms with van der Waals surface area (Å²) in [6.07, 6.45) is 3.22. The fraction of sp³-hybridized carbons (Fsp3) is 0.350. The van der Waals surface area contributed by atoms with Crippen LogP contribution in [0.1, 0.15) is 35.2 Å². The number of nitrogens with zero attached hydrogens (tertiary/aromatic N) is 2. The quantitative estimate of drug-likeness (QED) is 0.637. The standard InChI is InChI=1S/C20H23N3O3/c1-22(2)17-10-9-15(13-18(17)23(25)26)19(24)21-14-20(11-6-12-20)16-7-4-3-5-8-16/h3-5,7-10,13H,6,11-12,14H2,1-2H3,(H,21,24). The topological polar surface area (TPSA) is 75.5 Å². The number of anilines is 1. The van der Waals surface area contributed by atoms with E-state index in [1.807, 2.05) is 18.2 Å². The average Bonchev–Trinajstić information content (AvgIpc) is 2.60. The normalized spacial score (nSPS) is 15.0. The van der Waals surface area contributed by atoms with Crippen LogP contribution in [-0.4, -0.2) is 31.5 Å². The van der Waals surface area contributed by atoms with Crippen LogP contribution in [0.5, 0.6) is 0 Å². The lowest BCUT2D eigenvalue weighted by Gasteiger charge is -2.42. The van der Waals surface area contributed by atoms with E-state index < -0.39 is 4.92 Å². The van der Waals surface area contributed by atoms with Crippen molar-refractivity contribution in [3.63, 3.8) is 0 Å². The maximum atomic E-state index is 12.6. The van der Waals surface area contributed by atoms with Gasteiger partial charge in [-0.15, -0.1) is 0 Å². The van der Waals surface area contributed by atoms with Gasteiger partial charge in [0.15, 0.2) is 0 Å². The van der Waals surface area contributed by atoms with E-state index in [4.69, 9.17) is 0 Å². The first-order valence-electron chi connectivity index (χ1n) is 8.72. The molecule has 6 nitrogen and oxygen atoms in total. The number of nitrogens with one attached hydrogen (secondary N) is 1. The maximum absolute atomic E-state index is 12.6. The van der Waals surface area contributed by atoms with E-state index in [9.17, 15) is 14.9 Å². The average molecular weight is 353 g/mol. The molecule has 0 aromatic heterocycles. The van der Waals surface area contributed by atoms with E-state index in [0.29, 0.717) is 17.8 Å². The van der Waals surface area contributed by atoms with Crippen molar-refractivity contribution < 1.29 is 9.72 Å². The number of nitro benzene ring substituents is 1. The summed E-state index contributed by atoms with van der Waals surface area (Å²) in [5.41, 5.74) is 1.94. The summed E-state index contributed by atoms with van der Waals surface area (Å²) < 4.78 is 0. The summed E-state index contributed by atoms with van der Waals surface area (Å²) in [6, 6.07) is 14.8. The van der Waals surface area contributed by atoms with Crippen LogP contribution in [0.2, 0.25) is 0 Å². The summed E-state index contributed by atoms with van der Waals surface area (Å²) in [7, 11) is 3.48. The number of carbonyl (C=O) groups excluding carboxylic acids is 1. The minimum Gasteiger partial charge on any atom is -0.372 e. The van der Waals surface area contributed by atoms with Crippen molar-refractivity contribution in [2.45, 2.75) is 24.7 Å². The van der Waals surface area contributed by atoms with Crippen molar-refractivity contribution in [2.75, 3.05) is 25.5 Å². The SMILES string of the molecule is CN(C)c1ccc(C(=O)NCC2(c3ccccc3)CCC2)cc1[N+](=O)[O-]. The third-order valence-corrected chi connectivity index (χ3v) is 5.20. The minimum atomic E-state index is -0.455. The van der Waals surface area contributed by atoms with Gasteiger partial charge in [0.25, 0.3) is 11.6 Å². The first-order valence-corrected chi connectivity index (χ1v) is 8.72. The van der Waals surface area contributed by atoms with Crippen molar-refractivity contribution in [3.8, 4) is 0 Å². The number of nitro groups is 1. The predicted octanol–water partition coefficient (Wildman–Crippen LogP) is 3.51. The van der Waals surface area contributed by atoms with Gasteiger partial charge in [-0.25, -0.2) is 0 Å². The molecule has 1 amide bonds. The highest BCUT2D eigenvalue weighted by Gasteiger charge is 2.38. The lowest BCUT2D eigenvalue weighted by Crippen LogP contribution is -2.45. The molecule has 3 rings (SSSR count). The zero-order valence-corrected chi connectivity index (χ0v) is 15.1. The van der Waals surface area contributed by atoms with Crippen molar-refractivity contribution in [3.05, 3.63) is 69.8 Å². The van der Waals surface area contributed by atoms with Gasteiger partial charge in [0.05, 0.1) is 4.92 Å². The molecule has 1 aliphatic carbocycles. The summed E-state index contributed by atoms with van der Waals surface area (Å²) in [6.45, 7) is 0.541. The third-order valence-electron chi connectivity index (χ3n) is 5.20. The van der Waals surface area contributed by atoms with E-state index in [1.54, 1.807) is 31.1 Å². The fourth-order valence-corrected chi connectivity index (χ4v) is 3.50. The molecule has 0 spiro atoms. The molecule has 0 atom stereocenters. The van der Waals surface area contributed by atoms with Gasteiger partial charge in [0.1, 0.15) is 5.69 Å². The highest BCUT2D eigenvalue weighted by atomic mass is 16.6. The fourth-order valence-electron chi connectivity index (χ4n) is 3.50. The van der Waals surface area contributed by atoms with Gasteiger partial charge in [-0.3, -0.25) is 14.9 Å². The van der Waals surface area contributed by atoms with Crippen molar-refractivity contribution in [1.29, 1.82) is 0 Å². The van der Waals surface area contributed by atoms with Gasteiger partial charge in [0, 0.05) is 37.7 Å². The highest BCUT2D eigenvalue weighted by Crippen LogP contribution is 2.43. The Bertz CT molecular complexity index is 814. The van der Waals surface area contributed by atoms with Gasteiger partial charge in [-0.1, -0.05) is 36.8 Å². The Hall–Kier alpha value is -2.89. The lowest BCUT2D eigenvalue weighted by atomic mass is 9.64. The van der Waals surface area contributed by atoms with Crippen LogP contribution in [0.15, 0.2) is 48.5 Å². The summed E-state index contributed by atoms with van der Waals surface area (Å²) >= 11 is 0. The number of benzene rings is 2. The van der Waals surface area contributed by atoms with Gasteiger partial charge < -0.3 is 10.2 Å². The second-order valence-electron chi connectivity index (χ2n) is 7.04. The molecule has 136 valence electrons. The molecule has 1 N–H and O–H groups in total. The first kappa shape index (κ1) is 17.9. The largest absolute Gasteiger partial charge is 0.372 e. The van der Waals surface area contributed by atoms with Crippen molar-refractivity contribution in [2.24, 2.45) is 0 Å². The first-order chi connectivity index (χ1) is 12.4. The Morgan fingerprint density at radius 1 is 1.19 bits per heavy atom. The molecule has 2 aromatic carbocycles. The molecular weight excluding hydrogens is 330 g/mol. The molecule has 1 fully saturated rings. The lowest BCUT2D eigenvalue weighted by molar-refractivity contribution is -0.384. The Labute approximate surface area is 153 Å². The molecule has 6 heteroatoms.